The van der Waals surface area contributed by atoms with Crippen molar-refractivity contribution >= 4 is 12.1 Å². The molecule has 3 N–H and O–H groups in total. The van der Waals surface area contributed by atoms with Gasteiger partial charge in [-0.15, -0.1) is 0 Å². The molecule has 0 saturated heterocycles. The van der Waals surface area contributed by atoms with Crippen molar-refractivity contribution in [1.29, 1.82) is 0 Å². The number of para-hydroxylation sites is 1. The maximum absolute atomic E-state index is 10.5. The normalized spacial score (nSPS) is 10.6. The van der Waals surface area contributed by atoms with Gasteiger partial charge in [0.15, 0.2) is 11.5 Å². The Hall–Kier alpha value is -2.04. The summed E-state index contributed by atoms with van der Waals surface area (Å²) in [5.74, 6) is -0.111. The quantitative estimate of drug-likeness (QED) is 0.719. The van der Waals surface area contributed by atoms with Crippen molar-refractivity contribution in [3.63, 3.8) is 0 Å². The number of carbonyl (C=O) groups excluding carboxylic acids is 1. The number of carbonyl (C=O) groups is 1. The Kier molecular flexibility index (Phi) is 4.32. The minimum atomic E-state index is -0.517. The van der Waals surface area contributed by atoms with Crippen molar-refractivity contribution in [3.8, 4) is 11.5 Å². The molecule has 86 valence electrons. The van der Waals surface area contributed by atoms with E-state index in [1.165, 1.54) is 6.21 Å². The average Bonchev–Trinajstić information content (AvgIpc) is 2.23. The van der Waals surface area contributed by atoms with E-state index in [1.54, 1.807) is 18.2 Å². The molecule has 0 heterocycles. The summed E-state index contributed by atoms with van der Waals surface area (Å²) in [5.41, 5.74) is 5.43. The lowest BCUT2D eigenvalue weighted by Crippen LogP contribution is -2.14. The predicted molar refractivity (Wildman–Crippen MR) is 60.9 cm³/mol. The van der Waals surface area contributed by atoms with Crippen LogP contribution in [0.4, 0.5) is 0 Å². The summed E-state index contributed by atoms with van der Waals surface area (Å²) in [4.78, 5) is 14.3. The molecule has 1 rings (SSSR count). The van der Waals surface area contributed by atoms with Crippen LogP contribution in [0.25, 0.3) is 0 Å². The largest absolute Gasteiger partial charge is 0.504 e. The number of nitrogens with two attached hydrogens (primary N) is 1. The molecule has 5 heteroatoms. The van der Waals surface area contributed by atoms with E-state index >= 15 is 0 Å². The molecule has 0 spiro atoms. The summed E-state index contributed by atoms with van der Waals surface area (Å²) in [6, 6.07) is 5.06. The number of benzene rings is 1. The number of rotatable bonds is 5. The lowest BCUT2D eigenvalue weighted by Gasteiger charge is -2.06. The van der Waals surface area contributed by atoms with Gasteiger partial charge in [0, 0.05) is 11.8 Å². The standard InChI is InChI=1S/C11H14N2O3/c1-2-16-9-5-3-4-8(11(9)15)6-13-7-10(12)14/h3-6,15H,2,7H2,1H3,(H2,12,14). The van der Waals surface area contributed by atoms with Crippen molar-refractivity contribution in [2.75, 3.05) is 13.2 Å². The van der Waals surface area contributed by atoms with Crippen LogP contribution in [0.2, 0.25) is 0 Å². The first-order valence-corrected chi connectivity index (χ1v) is 4.88. The molecule has 16 heavy (non-hydrogen) atoms. The number of hydrogen-bond acceptors (Lipinski definition) is 4. The molecular weight excluding hydrogens is 208 g/mol. The van der Waals surface area contributed by atoms with E-state index in [4.69, 9.17) is 10.5 Å². The van der Waals surface area contributed by atoms with Gasteiger partial charge in [0.2, 0.25) is 5.91 Å². The molecule has 0 aliphatic carbocycles. The topological polar surface area (TPSA) is 84.9 Å². The highest BCUT2D eigenvalue weighted by atomic mass is 16.5. The van der Waals surface area contributed by atoms with Gasteiger partial charge in [0.25, 0.3) is 0 Å². The van der Waals surface area contributed by atoms with E-state index in [9.17, 15) is 9.90 Å². The first-order chi connectivity index (χ1) is 7.65. The second kappa shape index (κ2) is 5.75. The number of amides is 1. The molecule has 0 saturated carbocycles. The van der Waals surface area contributed by atoms with E-state index in [1.807, 2.05) is 6.92 Å². The average molecular weight is 222 g/mol. The number of primary amides is 1. The second-order valence-corrected chi connectivity index (χ2v) is 3.06. The number of phenolic OH excluding ortho intramolecular Hbond substituents is 1. The third kappa shape index (κ3) is 3.27. The van der Waals surface area contributed by atoms with Gasteiger partial charge >= 0.3 is 0 Å². The fourth-order valence-corrected chi connectivity index (χ4v) is 1.15. The number of nitrogens with zero attached hydrogens (tertiary/aromatic N) is 1. The van der Waals surface area contributed by atoms with E-state index in [-0.39, 0.29) is 12.3 Å². The summed E-state index contributed by atoms with van der Waals surface area (Å²) in [7, 11) is 0. The molecule has 0 aliphatic heterocycles. The lowest BCUT2D eigenvalue weighted by molar-refractivity contribution is -0.116. The molecule has 0 aromatic heterocycles. The monoisotopic (exact) mass is 222 g/mol. The summed E-state index contributed by atoms with van der Waals surface area (Å²) < 4.78 is 5.20. The second-order valence-electron chi connectivity index (χ2n) is 3.06. The van der Waals surface area contributed by atoms with Crippen LogP contribution in [0, 0.1) is 0 Å². The molecule has 1 amide bonds. The summed E-state index contributed by atoms with van der Waals surface area (Å²) in [5, 5.41) is 9.75. The van der Waals surface area contributed by atoms with Gasteiger partial charge in [-0.05, 0) is 19.1 Å². The van der Waals surface area contributed by atoms with Crippen LogP contribution in [0.1, 0.15) is 12.5 Å². The number of aliphatic imine (C=N–C) groups is 1. The van der Waals surface area contributed by atoms with Gasteiger partial charge in [-0.3, -0.25) is 9.79 Å². The predicted octanol–water partition coefficient (Wildman–Crippen LogP) is 0.695. The number of aromatic hydroxyl groups is 1. The fourth-order valence-electron chi connectivity index (χ4n) is 1.15. The van der Waals surface area contributed by atoms with Crippen molar-refractivity contribution in [3.05, 3.63) is 23.8 Å². The van der Waals surface area contributed by atoms with Crippen molar-refractivity contribution < 1.29 is 14.6 Å². The third-order valence-corrected chi connectivity index (χ3v) is 1.81. The number of phenols is 1. The van der Waals surface area contributed by atoms with Crippen LogP contribution in [0.5, 0.6) is 11.5 Å². The zero-order valence-corrected chi connectivity index (χ0v) is 9.01. The Morgan fingerprint density at radius 1 is 1.62 bits per heavy atom. The Labute approximate surface area is 93.6 Å². The van der Waals surface area contributed by atoms with Crippen LogP contribution < -0.4 is 10.5 Å². The zero-order valence-electron chi connectivity index (χ0n) is 9.01. The van der Waals surface area contributed by atoms with Gasteiger partial charge in [-0.2, -0.15) is 0 Å². The Morgan fingerprint density at radius 3 is 3.00 bits per heavy atom. The first-order valence-electron chi connectivity index (χ1n) is 4.88. The Morgan fingerprint density at radius 2 is 2.38 bits per heavy atom. The Balaban J connectivity index is 2.84. The molecule has 1 aromatic rings. The summed E-state index contributed by atoms with van der Waals surface area (Å²) in [6.45, 7) is 2.20. The van der Waals surface area contributed by atoms with Crippen LogP contribution in [-0.2, 0) is 4.79 Å². The zero-order chi connectivity index (χ0) is 12.0. The summed E-state index contributed by atoms with van der Waals surface area (Å²) >= 11 is 0. The molecule has 0 atom stereocenters. The highest BCUT2D eigenvalue weighted by Crippen LogP contribution is 2.28. The van der Waals surface area contributed by atoms with Crippen molar-refractivity contribution in [2.24, 2.45) is 10.7 Å². The van der Waals surface area contributed by atoms with Gasteiger partial charge < -0.3 is 15.6 Å². The maximum Gasteiger partial charge on any atom is 0.239 e. The van der Waals surface area contributed by atoms with E-state index in [0.29, 0.717) is 17.9 Å². The van der Waals surface area contributed by atoms with Crippen molar-refractivity contribution in [2.45, 2.75) is 6.92 Å². The van der Waals surface area contributed by atoms with Crippen LogP contribution >= 0.6 is 0 Å². The number of hydrogen-bond donors (Lipinski definition) is 2. The van der Waals surface area contributed by atoms with E-state index in [0.717, 1.165) is 0 Å². The minimum Gasteiger partial charge on any atom is -0.504 e. The van der Waals surface area contributed by atoms with Crippen LogP contribution in [-0.4, -0.2) is 30.4 Å². The highest BCUT2D eigenvalue weighted by Gasteiger charge is 2.05. The van der Waals surface area contributed by atoms with Gasteiger partial charge in [0.05, 0.1) is 6.61 Å². The summed E-state index contributed by atoms with van der Waals surface area (Å²) in [6.07, 6.45) is 1.39. The van der Waals surface area contributed by atoms with E-state index < -0.39 is 5.91 Å². The minimum absolute atomic E-state index is 0.0116. The van der Waals surface area contributed by atoms with Gasteiger partial charge in [0.1, 0.15) is 6.54 Å². The third-order valence-electron chi connectivity index (χ3n) is 1.81. The van der Waals surface area contributed by atoms with Crippen LogP contribution in [0.15, 0.2) is 23.2 Å². The van der Waals surface area contributed by atoms with Gasteiger partial charge in [-0.1, -0.05) is 6.07 Å². The molecule has 0 radical (unpaired) electrons. The fraction of sp³-hybridized carbons (Fsp3) is 0.273. The highest BCUT2D eigenvalue weighted by molar-refractivity contribution is 5.87. The first kappa shape index (κ1) is 12.0. The smallest absolute Gasteiger partial charge is 0.239 e. The lowest BCUT2D eigenvalue weighted by atomic mass is 10.2. The molecular formula is C11H14N2O3. The number of ether oxygens (including phenoxy) is 1. The SMILES string of the molecule is CCOc1cccc(C=NCC(N)=O)c1O. The van der Waals surface area contributed by atoms with Gasteiger partial charge in [-0.25, -0.2) is 0 Å². The van der Waals surface area contributed by atoms with Crippen molar-refractivity contribution in [1.82, 2.24) is 0 Å². The molecule has 0 aliphatic rings. The van der Waals surface area contributed by atoms with Crippen LogP contribution in [0.3, 0.4) is 0 Å². The molecule has 0 bridgehead atoms. The van der Waals surface area contributed by atoms with E-state index in [2.05, 4.69) is 4.99 Å². The molecule has 0 unspecified atom stereocenters. The Bertz CT molecular complexity index is 402. The molecule has 0 fully saturated rings. The molecule has 1 aromatic carbocycles. The maximum atomic E-state index is 10.5. The molecule has 5 nitrogen and oxygen atoms in total.